The van der Waals surface area contributed by atoms with Gasteiger partial charge >= 0.3 is 0 Å². The lowest BCUT2D eigenvalue weighted by molar-refractivity contribution is 0.252. The lowest BCUT2D eigenvalue weighted by Gasteiger charge is -2.34. The lowest BCUT2D eigenvalue weighted by Crippen LogP contribution is -2.46. The maximum Gasteiger partial charge on any atom is 0.186 e. The molecule has 182 valence electrons. The lowest BCUT2D eigenvalue weighted by atomic mass is 9.87. The molecule has 3 nitrogen and oxygen atoms in total. The molecular formula is C29H31F2N3S. The Balaban J connectivity index is 1.08. The summed E-state index contributed by atoms with van der Waals surface area (Å²) >= 11 is 1.78. The average molecular weight is 492 g/mol. The van der Waals surface area contributed by atoms with Gasteiger partial charge in [-0.1, -0.05) is 60.6 Å². The van der Waals surface area contributed by atoms with Crippen LogP contribution in [0, 0.1) is 11.6 Å². The molecule has 3 aromatic carbocycles. The monoisotopic (exact) mass is 491 g/mol. The largest absolute Gasteiger partial charge is 0.345 e. The molecule has 2 heterocycles. The minimum Gasteiger partial charge on any atom is -0.345 e. The second-order valence-electron chi connectivity index (χ2n) is 9.30. The Labute approximate surface area is 210 Å². The number of benzene rings is 3. The summed E-state index contributed by atoms with van der Waals surface area (Å²) in [6.45, 7) is 5.31. The van der Waals surface area contributed by atoms with Crippen molar-refractivity contribution in [1.29, 1.82) is 0 Å². The van der Waals surface area contributed by atoms with Crippen molar-refractivity contribution in [2.24, 2.45) is 0 Å². The Hall–Kier alpha value is -2.83. The van der Waals surface area contributed by atoms with Crippen LogP contribution >= 0.6 is 11.3 Å². The number of halogens is 2. The van der Waals surface area contributed by atoms with Crippen molar-refractivity contribution in [1.82, 2.24) is 9.88 Å². The van der Waals surface area contributed by atoms with Crippen LogP contribution in [-0.2, 0) is 0 Å². The van der Waals surface area contributed by atoms with Crippen molar-refractivity contribution in [3.8, 4) is 0 Å². The van der Waals surface area contributed by atoms with E-state index >= 15 is 0 Å². The quantitative estimate of drug-likeness (QED) is 0.233. The average Bonchev–Trinajstić information content (AvgIpc) is 3.32. The van der Waals surface area contributed by atoms with Crippen molar-refractivity contribution >= 4 is 26.7 Å². The molecule has 0 bridgehead atoms. The minimum atomic E-state index is -0.227. The van der Waals surface area contributed by atoms with Crippen LogP contribution in [0.2, 0.25) is 0 Å². The molecule has 0 spiro atoms. The number of hydrogen-bond acceptors (Lipinski definition) is 4. The fraction of sp³-hybridized carbons (Fsp3) is 0.345. The molecule has 1 saturated heterocycles. The van der Waals surface area contributed by atoms with Gasteiger partial charge in [0.25, 0.3) is 0 Å². The summed E-state index contributed by atoms with van der Waals surface area (Å²) in [5.41, 5.74) is 3.27. The summed E-state index contributed by atoms with van der Waals surface area (Å²) in [6.07, 6.45) is 4.38. The molecule has 0 amide bonds. The van der Waals surface area contributed by atoms with E-state index in [1.165, 1.54) is 35.4 Å². The standard InChI is InChI=1S/C29H31F2N3S/c30-24-13-9-22(10-14-24)26(23-11-15-25(31)16-12-23)6-2-1-5-17-33-18-20-34(21-19-33)29-32-27-7-3-4-8-28(27)35-29/h3-4,7-16,26H,1-2,5-6,17-21H2. The first-order valence-corrected chi connectivity index (χ1v) is 13.3. The van der Waals surface area contributed by atoms with E-state index in [1.54, 1.807) is 11.3 Å². The van der Waals surface area contributed by atoms with Gasteiger partial charge in [0, 0.05) is 32.1 Å². The van der Waals surface area contributed by atoms with E-state index in [-0.39, 0.29) is 17.6 Å². The molecule has 0 saturated carbocycles. The van der Waals surface area contributed by atoms with E-state index in [1.807, 2.05) is 30.3 Å². The molecule has 1 aromatic heterocycles. The smallest absolute Gasteiger partial charge is 0.186 e. The molecule has 1 aliphatic rings. The Morgan fingerprint density at radius 3 is 2.00 bits per heavy atom. The zero-order chi connectivity index (χ0) is 24.0. The predicted molar refractivity (Wildman–Crippen MR) is 141 cm³/mol. The van der Waals surface area contributed by atoms with Crippen LogP contribution in [0.25, 0.3) is 10.2 Å². The van der Waals surface area contributed by atoms with Gasteiger partial charge in [-0.15, -0.1) is 0 Å². The van der Waals surface area contributed by atoms with Crippen LogP contribution in [0.4, 0.5) is 13.9 Å². The molecule has 1 aliphatic heterocycles. The van der Waals surface area contributed by atoms with Gasteiger partial charge in [-0.05, 0) is 66.9 Å². The van der Waals surface area contributed by atoms with Crippen LogP contribution < -0.4 is 4.90 Å². The topological polar surface area (TPSA) is 19.4 Å². The van der Waals surface area contributed by atoms with Crippen molar-refractivity contribution in [2.45, 2.75) is 31.6 Å². The van der Waals surface area contributed by atoms with Crippen molar-refractivity contribution < 1.29 is 8.78 Å². The first-order chi connectivity index (χ1) is 17.2. The zero-order valence-electron chi connectivity index (χ0n) is 19.9. The first kappa shape index (κ1) is 23.9. The summed E-state index contributed by atoms with van der Waals surface area (Å²) in [5.74, 6) is -0.293. The van der Waals surface area contributed by atoms with E-state index in [0.717, 1.165) is 73.8 Å². The number of rotatable bonds is 9. The Bertz CT molecular complexity index is 1140. The van der Waals surface area contributed by atoms with E-state index in [9.17, 15) is 8.78 Å². The van der Waals surface area contributed by atoms with Gasteiger partial charge in [0.05, 0.1) is 10.2 Å². The van der Waals surface area contributed by atoms with Gasteiger partial charge in [-0.3, -0.25) is 4.90 Å². The normalized spacial score (nSPS) is 14.8. The van der Waals surface area contributed by atoms with E-state index < -0.39 is 0 Å². The molecule has 1 fully saturated rings. The van der Waals surface area contributed by atoms with Crippen molar-refractivity contribution in [2.75, 3.05) is 37.6 Å². The summed E-state index contributed by atoms with van der Waals surface area (Å²) in [4.78, 5) is 9.78. The molecule has 0 radical (unpaired) electrons. The van der Waals surface area contributed by atoms with Crippen molar-refractivity contribution in [3.63, 3.8) is 0 Å². The van der Waals surface area contributed by atoms with Crippen molar-refractivity contribution in [3.05, 3.63) is 95.6 Å². The zero-order valence-corrected chi connectivity index (χ0v) is 20.7. The maximum atomic E-state index is 13.4. The molecule has 0 unspecified atom stereocenters. The fourth-order valence-corrected chi connectivity index (χ4v) is 5.95. The molecule has 0 atom stereocenters. The molecule has 6 heteroatoms. The summed E-state index contributed by atoms with van der Waals surface area (Å²) in [5, 5.41) is 1.14. The second-order valence-corrected chi connectivity index (χ2v) is 10.3. The van der Waals surface area contributed by atoms with Gasteiger partial charge in [0.15, 0.2) is 5.13 Å². The van der Waals surface area contributed by atoms with Crippen LogP contribution in [0.5, 0.6) is 0 Å². The van der Waals surface area contributed by atoms with Gasteiger partial charge in [0.1, 0.15) is 11.6 Å². The minimum absolute atomic E-state index is 0.161. The third-order valence-electron chi connectivity index (χ3n) is 6.94. The van der Waals surface area contributed by atoms with E-state index in [4.69, 9.17) is 4.98 Å². The number of unbranched alkanes of at least 4 members (excludes halogenated alkanes) is 2. The van der Waals surface area contributed by atoms with Crippen LogP contribution in [-0.4, -0.2) is 42.6 Å². The highest BCUT2D eigenvalue weighted by atomic mass is 32.1. The number of thiazole rings is 1. The highest BCUT2D eigenvalue weighted by Gasteiger charge is 2.20. The molecular weight excluding hydrogens is 460 g/mol. The third-order valence-corrected chi connectivity index (χ3v) is 8.03. The fourth-order valence-electron chi connectivity index (χ4n) is 4.93. The Morgan fingerprint density at radius 1 is 0.743 bits per heavy atom. The Morgan fingerprint density at radius 2 is 1.37 bits per heavy atom. The first-order valence-electron chi connectivity index (χ1n) is 12.5. The number of nitrogens with zero attached hydrogens (tertiary/aromatic N) is 3. The third kappa shape index (κ3) is 6.06. The van der Waals surface area contributed by atoms with Gasteiger partial charge in [-0.2, -0.15) is 0 Å². The van der Waals surface area contributed by atoms with E-state index in [0.29, 0.717) is 0 Å². The van der Waals surface area contributed by atoms with E-state index in [2.05, 4.69) is 28.0 Å². The van der Waals surface area contributed by atoms with Gasteiger partial charge in [0.2, 0.25) is 0 Å². The van der Waals surface area contributed by atoms with Crippen LogP contribution in [0.15, 0.2) is 72.8 Å². The highest BCUT2D eigenvalue weighted by Crippen LogP contribution is 2.31. The molecule has 35 heavy (non-hydrogen) atoms. The number of fused-ring (bicyclic) bond motifs is 1. The number of para-hydroxylation sites is 1. The second kappa shape index (κ2) is 11.3. The molecule has 0 aliphatic carbocycles. The number of piperazine rings is 1. The highest BCUT2D eigenvalue weighted by molar-refractivity contribution is 7.22. The predicted octanol–water partition coefficient (Wildman–Crippen LogP) is 7.09. The summed E-state index contributed by atoms with van der Waals surface area (Å²) in [7, 11) is 0. The number of aromatic nitrogens is 1. The van der Waals surface area contributed by atoms with Crippen LogP contribution in [0.3, 0.4) is 0 Å². The number of anilines is 1. The van der Waals surface area contributed by atoms with Gasteiger partial charge < -0.3 is 4.90 Å². The number of hydrogen-bond donors (Lipinski definition) is 0. The molecule has 4 aromatic rings. The summed E-state index contributed by atoms with van der Waals surface area (Å²) in [6, 6.07) is 21.8. The Kier molecular flexibility index (Phi) is 7.69. The maximum absolute atomic E-state index is 13.4. The molecule has 5 rings (SSSR count). The van der Waals surface area contributed by atoms with Gasteiger partial charge in [-0.25, -0.2) is 13.8 Å². The SMILES string of the molecule is Fc1ccc(C(CCCCCN2CCN(c3nc4ccccc4s3)CC2)c2ccc(F)cc2)cc1. The molecule has 0 N–H and O–H groups in total. The van der Waals surface area contributed by atoms with Crippen LogP contribution in [0.1, 0.15) is 42.7 Å². The summed E-state index contributed by atoms with van der Waals surface area (Å²) < 4.78 is 28.1.